The largest absolute Gasteiger partial charge is 0.324 e. The van der Waals surface area contributed by atoms with Crippen LogP contribution in [-0.4, -0.2) is 36.2 Å². The lowest BCUT2D eigenvalue weighted by Crippen LogP contribution is -2.27. The number of carbonyl (C=O) groups is 1. The van der Waals surface area contributed by atoms with Crippen molar-refractivity contribution in [2.24, 2.45) is 0 Å². The number of hydrogen-bond acceptors (Lipinski definition) is 5. The van der Waals surface area contributed by atoms with E-state index in [1.165, 1.54) is 11.1 Å². The molecule has 0 atom stereocenters. The number of aromatic nitrogens is 4. The van der Waals surface area contributed by atoms with Crippen LogP contribution in [-0.2, 0) is 11.3 Å². The average Bonchev–Trinajstić information content (AvgIpc) is 3.39. The van der Waals surface area contributed by atoms with Gasteiger partial charge in [0.05, 0.1) is 6.54 Å². The molecular weight excluding hydrogens is 563 g/mol. The third-order valence-corrected chi connectivity index (χ3v) is 6.78. The topological polar surface area (TPSA) is 86.8 Å². The summed E-state index contributed by atoms with van der Waals surface area (Å²) < 4.78 is 2.00. The highest BCUT2D eigenvalue weighted by molar-refractivity contribution is 14.1. The maximum absolute atomic E-state index is 13.0. The molecule has 3 aromatic carbocycles. The highest BCUT2D eigenvalue weighted by Gasteiger charge is 2.17. The van der Waals surface area contributed by atoms with Gasteiger partial charge in [-0.3, -0.25) is 4.79 Å². The fourth-order valence-electron chi connectivity index (χ4n) is 4.29. The van der Waals surface area contributed by atoms with Crippen LogP contribution in [0.15, 0.2) is 66.7 Å². The number of amides is 1. The average molecular weight is 595 g/mol. The quantitative estimate of drug-likeness (QED) is 0.169. The van der Waals surface area contributed by atoms with E-state index >= 15 is 0 Å². The molecule has 7 nitrogen and oxygen atoms in total. The number of halogens is 1. The van der Waals surface area contributed by atoms with Gasteiger partial charge in [-0.05, 0) is 50.1 Å². The summed E-state index contributed by atoms with van der Waals surface area (Å²) in [5, 5.41) is 17.5. The first kappa shape index (κ1) is 26.0. The maximum Gasteiger partial charge on any atom is 0.239 e. The van der Waals surface area contributed by atoms with Gasteiger partial charge in [-0.1, -0.05) is 94.4 Å². The van der Waals surface area contributed by atoms with E-state index in [9.17, 15) is 4.79 Å². The number of H-pyrrole nitrogens is 1. The molecule has 0 aliphatic rings. The Morgan fingerprint density at radius 3 is 2.14 bits per heavy atom. The monoisotopic (exact) mass is 594 g/mol. The van der Waals surface area contributed by atoms with Crippen LogP contribution in [0.5, 0.6) is 0 Å². The predicted molar refractivity (Wildman–Crippen MR) is 153 cm³/mol. The number of tetrazole rings is 1. The predicted octanol–water partition coefficient (Wildman–Crippen LogP) is 6.57. The number of nitrogens with one attached hydrogen (secondary N) is 2. The Hall–Kier alpha value is -3.11. The van der Waals surface area contributed by atoms with E-state index in [1.807, 2.05) is 21.3 Å². The van der Waals surface area contributed by atoms with Crippen LogP contribution in [0.25, 0.3) is 22.5 Å². The molecule has 0 fully saturated rings. The Morgan fingerprint density at radius 2 is 1.56 bits per heavy atom. The van der Waals surface area contributed by atoms with Crippen LogP contribution in [0.4, 0.5) is 5.69 Å². The van der Waals surface area contributed by atoms with Crippen molar-refractivity contribution in [1.29, 1.82) is 0 Å². The lowest BCUT2D eigenvalue weighted by molar-refractivity contribution is -0.116. The van der Waals surface area contributed by atoms with Crippen LogP contribution >= 0.6 is 22.9 Å². The molecule has 4 aromatic rings. The van der Waals surface area contributed by atoms with Crippen molar-refractivity contribution >= 4 is 34.5 Å². The minimum absolute atomic E-state index is 0.00869. The molecule has 2 N–H and O–H groups in total. The summed E-state index contributed by atoms with van der Waals surface area (Å²) in [6.45, 7) is 9.58. The second-order valence-corrected chi connectivity index (χ2v) is 10.8. The number of benzene rings is 3. The van der Waals surface area contributed by atoms with E-state index in [-0.39, 0.29) is 5.91 Å². The minimum Gasteiger partial charge on any atom is -0.324 e. The van der Waals surface area contributed by atoms with Gasteiger partial charge in [0.15, 0.2) is 5.82 Å². The zero-order chi connectivity index (χ0) is 25.7. The molecule has 0 saturated carbocycles. The van der Waals surface area contributed by atoms with Crippen molar-refractivity contribution < 1.29 is 4.79 Å². The third kappa shape index (κ3) is 6.17. The molecular formula is C28H31IN6O. The summed E-state index contributed by atoms with van der Waals surface area (Å²) in [4.78, 5) is 13.0. The lowest BCUT2D eigenvalue weighted by Gasteiger charge is -2.21. The number of carbonyl (C=O) groups excluding carboxylic acids is 1. The molecule has 0 aliphatic heterocycles. The molecule has 0 radical (unpaired) electrons. The molecule has 0 unspecified atom stereocenters. The molecule has 36 heavy (non-hydrogen) atoms. The molecule has 8 heteroatoms. The van der Waals surface area contributed by atoms with Crippen LogP contribution in [0.1, 0.15) is 56.2 Å². The van der Waals surface area contributed by atoms with Gasteiger partial charge in [-0.2, -0.15) is 0 Å². The summed E-state index contributed by atoms with van der Waals surface area (Å²) in [7, 11) is 0. The van der Waals surface area contributed by atoms with Crippen molar-refractivity contribution in [1.82, 2.24) is 23.7 Å². The minimum atomic E-state index is -0.00869. The third-order valence-electron chi connectivity index (χ3n) is 6.10. The van der Waals surface area contributed by atoms with Crippen LogP contribution < -0.4 is 5.32 Å². The van der Waals surface area contributed by atoms with Crippen LogP contribution in [0, 0.1) is 0 Å². The summed E-state index contributed by atoms with van der Waals surface area (Å²) >= 11 is 2.23. The van der Waals surface area contributed by atoms with E-state index in [2.05, 4.69) is 125 Å². The van der Waals surface area contributed by atoms with E-state index in [0.717, 1.165) is 27.9 Å². The molecule has 1 amide bonds. The maximum atomic E-state index is 13.0. The number of hydrogen-bond donors (Lipinski definition) is 2. The number of para-hydroxylation sites is 1. The second kappa shape index (κ2) is 11.7. The van der Waals surface area contributed by atoms with Gasteiger partial charge in [-0.25, -0.2) is 8.21 Å². The smallest absolute Gasteiger partial charge is 0.239 e. The fourth-order valence-corrected chi connectivity index (χ4v) is 4.99. The summed E-state index contributed by atoms with van der Waals surface area (Å²) in [6.07, 6.45) is 0. The second-order valence-electron chi connectivity index (χ2n) is 9.44. The fraction of sp³-hybridized carbons (Fsp3) is 0.286. The highest BCUT2D eigenvalue weighted by Crippen LogP contribution is 2.33. The van der Waals surface area contributed by atoms with Gasteiger partial charge >= 0.3 is 0 Å². The van der Waals surface area contributed by atoms with E-state index < -0.39 is 0 Å². The zero-order valence-corrected chi connectivity index (χ0v) is 23.2. The highest BCUT2D eigenvalue weighted by atomic mass is 127. The Morgan fingerprint density at radius 1 is 0.917 bits per heavy atom. The summed E-state index contributed by atoms with van der Waals surface area (Å²) in [6, 6.07) is 22.7. The standard InChI is InChI=1S/C28H31IN6O/c1-18(2)22-10-7-11-23(19(3)4)27(22)30-26(36)17-35(29)16-20-12-14-21(15-13-20)24-8-5-6-9-25(24)28-31-33-34-32-28/h5-15,18-19H,16-17H2,1-4H3,(H,30,36)(H,31,32,33,34). The number of anilines is 1. The van der Waals surface area contributed by atoms with Crippen molar-refractivity contribution in [3.63, 3.8) is 0 Å². The lowest BCUT2D eigenvalue weighted by atomic mass is 9.92. The molecule has 0 saturated heterocycles. The first-order valence-corrected chi connectivity index (χ1v) is 13.1. The van der Waals surface area contributed by atoms with Gasteiger partial charge in [-0.15, -0.1) is 5.10 Å². The summed E-state index contributed by atoms with van der Waals surface area (Å²) in [5.41, 5.74) is 7.52. The van der Waals surface area contributed by atoms with Gasteiger partial charge in [0.1, 0.15) is 0 Å². The molecule has 0 spiro atoms. The Kier molecular flexibility index (Phi) is 8.48. The van der Waals surface area contributed by atoms with Crippen molar-refractivity contribution in [2.75, 3.05) is 11.9 Å². The first-order valence-electron chi connectivity index (χ1n) is 12.1. The molecule has 1 heterocycles. The van der Waals surface area contributed by atoms with Gasteiger partial charge < -0.3 is 5.32 Å². The van der Waals surface area contributed by atoms with E-state index in [4.69, 9.17) is 0 Å². The van der Waals surface area contributed by atoms with Crippen molar-refractivity contribution in [2.45, 2.75) is 46.1 Å². The molecule has 0 bridgehead atoms. The number of nitrogens with zero attached hydrogens (tertiary/aromatic N) is 4. The molecule has 1 aromatic heterocycles. The van der Waals surface area contributed by atoms with Crippen molar-refractivity contribution in [3.8, 4) is 22.5 Å². The Bertz CT molecular complexity index is 1280. The first-order chi connectivity index (χ1) is 17.3. The SMILES string of the molecule is CC(C)c1cccc(C(C)C)c1NC(=O)CN(I)Cc1ccc(-c2ccccc2-c2nnn[nH]2)cc1. The van der Waals surface area contributed by atoms with Gasteiger partial charge in [0.25, 0.3) is 0 Å². The van der Waals surface area contributed by atoms with E-state index in [0.29, 0.717) is 30.7 Å². The molecule has 4 rings (SSSR count). The Labute approximate surface area is 226 Å². The normalized spacial score (nSPS) is 11.4. The Balaban J connectivity index is 1.43. The van der Waals surface area contributed by atoms with Crippen LogP contribution in [0.3, 0.4) is 0 Å². The van der Waals surface area contributed by atoms with Gasteiger partial charge in [0.2, 0.25) is 5.91 Å². The van der Waals surface area contributed by atoms with Crippen LogP contribution in [0.2, 0.25) is 0 Å². The molecule has 0 aliphatic carbocycles. The molecule has 186 valence electrons. The summed E-state index contributed by atoms with van der Waals surface area (Å²) in [5.74, 6) is 1.29. The number of rotatable bonds is 9. The van der Waals surface area contributed by atoms with Gasteiger partial charge in [0, 0.05) is 40.7 Å². The van der Waals surface area contributed by atoms with Crippen molar-refractivity contribution in [3.05, 3.63) is 83.4 Å². The number of aromatic amines is 1. The zero-order valence-electron chi connectivity index (χ0n) is 21.0. The van der Waals surface area contributed by atoms with E-state index in [1.54, 1.807) is 0 Å².